The summed E-state index contributed by atoms with van der Waals surface area (Å²) in [5.41, 5.74) is 1.33. The standard InChI is InChI=1S/C14H19NO/c1-10(11-6-7-11)15-13-8-9-16-14-5-3-2-4-12(13)14/h2-5,10-11,13,15H,6-9H2,1H3. The third-order valence-electron chi connectivity index (χ3n) is 3.75. The number of para-hydroxylation sites is 1. The van der Waals surface area contributed by atoms with Crippen LogP contribution < -0.4 is 10.1 Å². The highest BCUT2D eigenvalue weighted by Crippen LogP contribution is 2.36. The van der Waals surface area contributed by atoms with Gasteiger partial charge in [0.05, 0.1) is 6.61 Å². The van der Waals surface area contributed by atoms with Crippen LogP contribution in [-0.4, -0.2) is 12.6 Å². The van der Waals surface area contributed by atoms with Gasteiger partial charge in [-0.2, -0.15) is 0 Å². The third kappa shape index (κ3) is 1.94. The fourth-order valence-corrected chi connectivity index (χ4v) is 2.56. The molecule has 0 amide bonds. The van der Waals surface area contributed by atoms with Crippen LogP contribution >= 0.6 is 0 Å². The highest BCUT2D eigenvalue weighted by Gasteiger charge is 2.31. The van der Waals surface area contributed by atoms with Gasteiger partial charge in [0.1, 0.15) is 5.75 Å². The Balaban J connectivity index is 1.76. The Hall–Kier alpha value is -1.02. The molecular formula is C14H19NO. The van der Waals surface area contributed by atoms with Crippen LogP contribution in [0.5, 0.6) is 5.75 Å². The second kappa shape index (κ2) is 4.10. The average molecular weight is 217 g/mol. The largest absolute Gasteiger partial charge is 0.493 e. The Bertz CT molecular complexity index is 373. The van der Waals surface area contributed by atoms with E-state index >= 15 is 0 Å². The maximum absolute atomic E-state index is 5.67. The Kier molecular flexibility index (Phi) is 2.60. The number of hydrogen-bond donors (Lipinski definition) is 1. The molecule has 2 nitrogen and oxygen atoms in total. The molecule has 1 aliphatic heterocycles. The van der Waals surface area contributed by atoms with Crippen molar-refractivity contribution in [3.63, 3.8) is 0 Å². The molecule has 16 heavy (non-hydrogen) atoms. The van der Waals surface area contributed by atoms with E-state index in [1.165, 1.54) is 18.4 Å². The molecule has 1 fully saturated rings. The van der Waals surface area contributed by atoms with Crippen LogP contribution in [0.4, 0.5) is 0 Å². The fourth-order valence-electron chi connectivity index (χ4n) is 2.56. The molecular weight excluding hydrogens is 198 g/mol. The quantitative estimate of drug-likeness (QED) is 0.840. The minimum atomic E-state index is 0.487. The van der Waals surface area contributed by atoms with Crippen molar-refractivity contribution in [2.24, 2.45) is 5.92 Å². The lowest BCUT2D eigenvalue weighted by Gasteiger charge is -2.29. The van der Waals surface area contributed by atoms with Gasteiger partial charge >= 0.3 is 0 Å². The number of benzene rings is 1. The van der Waals surface area contributed by atoms with Gasteiger partial charge in [0.15, 0.2) is 0 Å². The van der Waals surface area contributed by atoms with Crippen molar-refractivity contribution in [2.45, 2.75) is 38.3 Å². The van der Waals surface area contributed by atoms with Gasteiger partial charge in [-0.15, -0.1) is 0 Å². The van der Waals surface area contributed by atoms with Gasteiger partial charge in [0, 0.05) is 24.1 Å². The molecule has 3 rings (SSSR count). The molecule has 1 aliphatic carbocycles. The minimum absolute atomic E-state index is 0.487. The number of hydrogen-bond acceptors (Lipinski definition) is 2. The first-order valence-corrected chi connectivity index (χ1v) is 6.32. The van der Waals surface area contributed by atoms with Crippen LogP contribution in [0.25, 0.3) is 0 Å². The first-order chi connectivity index (χ1) is 7.84. The van der Waals surface area contributed by atoms with Crippen LogP contribution in [-0.2, 0) is 0 Å². The first kappa shape index (κ1) is 10.2. The van der Waals surface area contributed by atoms with Crippen LogP contribution in [0.2, 0.25) is 0 Å². The van der Waals surface area contributed by atoms with Crippen molar-refractivity contribution >= 4 is 0 Å². The van der Waals surface area contributed by atoms with Crippen molar-refractivity contribution in [3.8, 4) is 5.75 Å². The van der Waals surface area contributed by atoms with Gasteiger partial charge in [0.2, 0.25) is 0 Å². The van der Waals surface area contributed by atoms with Crippen molar-refractivity contribution in [3.05, 3.63) is 29.8 Å². The smallest absolute Gasteiger partial charge is 0.124 e. The van der Waals surface area contributed by atoms with E-state index < -0.39 is 0 Å². The molecule has 1 aromatic rings. The summed E-state index contributed by atoms with van der Waals surface area (Å²) < 4.78 is 5.67. The Morgan fingerprint density at radius 1 is 1.25 bits per heavy atom. The highest BCUT2D eigenvalue weighted by molar-refractivity contribution is 5.37. The average Bonchev–Trinajstić information content (AvgIpc) is 3.13. The molecule has 2 aliphatic rings. The maximum Gasteiger partial charge on any atom is 0.124 e. The van der Waals surface area contributed by atoms with Crippen molar-refractivity contribution in [2.75, 3.05) is 6.61 Å². The monoisotopic (exact) mass is 217 g/mol. The lowest BCUT2D eigenvalue weighted by atomic mass is 9.99. The summed E-state index contributed by atoms with van der Waals surface area (Å²) in [6.07, 6.45) is 3.89. The van der Waals surface area contributed by atoms with E-state index in [9.17, 15) is 0 Å². The number of ether oxygens (including phenoxy) is 1. The summed E-state index contributed by atoms with van der Waals surface area (Å²) >= 11 is 0. The molecule has 0 saturated heterocycles. The van der Waals surface area contributed by atoms with E-state index in [2.05, 4.69) is 30.4 Å². The molecule has 1 aromatic carbocycles. The molecule has 0 aromatic heterocycles. The van der Waals surface area contributed by atoms with Gasteiger partial charge in [-0.1, -0.05) is 18.2 Å². The summed E-state index contributed by atoms with van der Waals surface area (Å²) in [6, 6.07) is 9.54. The topological polar surface area (TPSA) is 21.3 Å². The molecule has 2 unspecified atom stereocenters. The molecule has 0 spiro atoms. The predicted molar refractivity (Wildman–Crippen MR) is 64.6 cm³/mol. The highest BCUT2D eigenvalue weighted by atomic mass is 16.5. The van der Waals surface area contributed by atoms with Gasteiger partial charge in [0.25, 0.3) is 0 Å². The summed E-state index contributed by atoms with van der Waals surface area (Å²) in [6.45, 7) is 3.15. The maximum atomic E-state index is 5.67. The first-order valence-electron chi connectivity index (χ1n) is 6.32. The van der Waals surface area contributed by atoms with Gasteiger partial charge in [-0.3, -0.25) is 0 Å². The van der Waals surface area contributed by atoms with E-state index in [0.717, 1.165) is 24.7 Å². The van der Waals surface area contributed by atoms with Crippen molar-refractivity contribution < 1.29 is 4.74 Å². The molecule has 1 N–H and O–H groups in total. The zero-order chi connectivity index (χ0) is 11.0. The SMILES string of the molecule is CC(NC1CCOc2ccccc21)C1CC1. The number of fused-ring (bicyclic) bond motifs is 1. The van der Waals surface area contributed by atoms with Gasteiger partial charge in [-0.05, 0) is 31.7 Å². The van der Waals surface area contributed by atoms with Gasteiger partial charge in [-0.25, -0.2) is 0 Å². The molecule has 2 heteroatoms. The minimum Gasteiger partial charge on any atom is -0.493 e. The van der Waals surface area contributed by atoms with E-state index in [1.807, 2.05) is 6.07 Å². The Morgan fingerprint density at radius 3 is 2.88 bits per heavy atom. The number of rotatable bonds is 3. The van der Waals surface area contributed by atoms with E-state index in [-0.39, 0.29) is 0 Å². The van der Waals surface area contributed by atoms with Gasteiger partial charge < -0.3 is 10.1 Å². The third-order valence-corrected chi connectivity index (χ3v) is 3.75. The lowest BCUT2D eigenvalue weighted by molar-refractivity contribution is 0.242. The second-order valence-electron chi connectivity index (χ2n) is 5.02. The molecule has 0 bridgehead atoms. The van der Waals surface area contributed by atoms with Crippen molar-refractivity contribution in [1.82, 2.24) is 5.32 Å². The van der Waals surface area contributed by atoms with Crippen LogP contribution in [0.1, 0.15) is 37.8 Å². The molecule has 1 saturated carbocycles. The predicted octanol–water partition coefficient (Wildman–Crippen LogP) is 2.90. The van der Waals surface area contributed by atoms with Crippen LogP contribution in [0.3, 0.4) is 0 Å². The summed E-state index contributed by atoms with van der Waals surface area (Å²) in [7, 11) is 0. The normalized spacial score (nSPS) is 25.7. The summed E-state index contributed by atoms with van der Waals surface area (Å²) in [5.74, 6) is 1.98. The zero-order valence-electron chi connectivity index (χ0n) is 9.78. The zero-order valence-corrected chi connectivity index (χ0v) is 9.78. The Labute approximate surface area is 97.0 Å². The summed E-state index contributed by atoms with van der Waals surface area (Å²) in [4.78, 5) is 0. The fraction of sp³-hybridized carbons (Fsp3) is 0.571. The van der Waals surface area contributed by atoms with E-state index in [4.69, 9.17) is 4.74 Å². The molecule has 86 valence electrons. The Morgan fingerprint density at radius 2 is 2.06 bits per heavy atom. The second-order valence-corrected chi connectivity index (χ2v) is 5.02. The van der Waals surface area contributed by atoms with E-state index in [1.54, 1.807) is 0 Å². The van der Waals surface area contributed by atoms with E-state index in [0.29, 0.717) is 12.1 Å². The molecule has 0 radical (unpaired) electrons. The molecule has 2 atom stereocenters. The van der Waals surface area contributed by atoms with Crippen molar-refractivity contribution in [1.29, 1.82) is 0 Å². The molecule has 1 heterocycles. The number of nitrogens with one attached hydrogen (secondary N) is 1. The summed E-state index contributed by atoms with van der Waals surface area (Å²) in [5, 5.41) is 3.76. The van der Waals surface area contributed by atoms with Crippen LogP contribution in [0.15, 0.2) is 24.3 Å². The van der Waals surface area contributed by atoms with Crippen LogP contribution in [0, 0.1) is 5.92 Å². The lowest BCUT2D eigenvalue weighted by Crippen LogP contribution is -2.34.